The van der Waals surface area contributed by atoms with E-state index in [1.165, 1.54) is 4.88 Å². The van der Waals surface area contributed by atoms with Crippen molar-refractivity contribution in [3.05, 3.63) is 45.5 Å². The van der Waals surface area contributed by atoms with Crippen LogP contribution in [0.15, 0.2) is 30.6 Å². The zero-order chi connectivity index (χ0) is 12.7. The Hall–Kier alpha value is -1.03. The minimum absolute atomic E-state index is 0.652. The van der Waals surface area contributed by atoms with Crippen LogP contribution in [0.5, 0.6) is 0 Å². The van der Waals surface area contributed by atoms with Crippen LogP contribution < -0.4 is 0 Å². The molecule has 0 aliphatic heterocycles. The maximum absolute atomic E-state index is 6.30. The highest BCUT2D eigenvalue weighted by molar-refractivity contribution is 7.17. The van der Waals surface area contributed by atoms with Gasteiger partial charge in [0.05, 0.1) is 10.7 Å². The van der Waals surface area contributed by atoms with Crippen LogP contribution in [0.2, 0.25) is 10.0 Å². The van der Waals surface area contributed by atoms with Crippen molar-refractivity contribution in [3.8, 4) is 11.3 Å². The second-order valence-electron chi connectivity index (χ2n) is 3.93. The average molecular weight is 297 g/mol. The van der Waals surface area contributed by atoms with Crippen molar-refractivity contribution in [2.75, 3.05) is 0 Å². The first-order valence-corrected chi connectivity index (χ1v) is 7.18. The molecule has 0 saturated heterocycles. The van der Waals surface area contributed by atoms with Crippen molar-refractivity contribution < 1.29 is 0 Å². The predicted octanol–water partition coefficient (Wildman–Crippen LogP) is 4.93. The first kappa shape index (κ1) is 12.0. The molecule has 0 N–H and O–H groups in total. The Morgan fingerprint density at radius 3 is 2.89 bits per heavy atom. The van der Waals surface area contributed by atoms with Gasteiger partial charge in [0.25, 0.3) is 0 Å². The highest BCUT2D eigenvalue weighted by Crippen LogP contribution is 2.36. The van der Waals surface area contributed by atoms with Gasteiger partial charge >= 0.3 is 0 Å². The number of aromatic nitrogens is 2. The minimum atomic E-state index is 0.652. The summed E-state index contributed by atoms with van der Waals surface area (Å²) in [4.78, 5) is 6.61. The van der Waals surface area contributed by atoms with Crippen LogP contribution in [0, 0.1) is 0 Å². The summed E-state index contributed by atoms with van der Waals surface area (Å²) in [6, 6.07) is 5.60. The second kappa shape index (κ2) is 4.57. The molecule has 18 heavy (non-hydrogen) atoms. The van der Waals surface area contributed by atoms with Crippen molar-refractivity contribution in [1.29, 1.82) is 0 Å². The van der Waals surface area contributed by atoms with Gasteiger partial charge in [-0.05, 0) is 24.6 Å². The molecule has 3 rings (SSSR count). The molecule has 3 aromatic rings. The molecule has 2 heterocycles. The van der Waals surface area contributed by atoms with Gasteiger partial charge in [-0.25, -0.2) is 4.98 Å². The molecule has 5 heteroatoms. The number of thiazole rings is 1. The largest absolute Gasteiger partial charge is 0.290 e. The van der Waals surface area contributed by atoms with E-state index in [0.717, 1.165) is 22.6 Å². The van der Waals surface area contributed by atoms with E-state index >= 15 is 0 Å². The van der Waals surface area contributed by atoms with Gasteiger partial charge in [-0.3, -0.25) is 4.40 Å². The van der Waals surface area contributed by atoms with E-state index in [1.54, 1.807) is 23.6 Å². The van der Waals surface area contributed by atoms with Crippen LogP contribution in [0.3, 0.4) is 0 Å². The molecule has 0 fully saturated rings. The quantitative estimate of drug-likeness (QED) is 0.655. The monoisotopic (exact) mass is 296 g/mol. The van der Waals surface area contributed by atoms with Crippen molar-refractivity contribution in [3.63, 3.8) is 0 Å². The third kappa shape index (κ3) is 1.83. The van der Waals surface area contributed by atoms with Gasteiger partial charge in [-0.1, -0.05) is 30.1 Å². The lowest BCUT2D eigenvalue weighted by atomic mass is 10.1. The fourth-order valence-electron chi connectivity index (χ4n) is 2.03. The Balaban J connectivity index is 2.32. The van der Waals surface area contributed by atoms with E-state index in [-0.39, 0.29) is 0 Å². The zero-order valence-corrected chi connectivity index (χ0v) is 12.0. The molecule has 0 aliphatic carbocycles. The number of hydrogen-bond donors (Lipinski definition) is 0. The summed E-state index contributed by atoms with van der Waals surface area (Å²) in [6.45, 7) is 2.14. The van der Waals surface area contributed by atoms with Crippen molar-refractivity contribution >= 4 is 39.5 Å². The number of halogens is 2. The number of imidazole rings is 1. The zero-order valence-electron chi connectivity index (χ0n) is 9.65. The Kier molecular flexibility index (Phi) is 3.06. The Morgan fingerprint density at radius 2 is 2.17 bits per heavy atom. The molecule has 0 amide bonds. The van der Waals surface area contributed by atoms with Gasteiger partial charge in [-0.2, -0.15) is 0 Å². The number of benzene rings is 1. The third-order valence-corrected chi connectivity index (χ3v) is 4.59. The van der Waals surface area contributed by atoms with E-state index in [4.69, 9.17) is 23.2 Å². The Labute approximate surface area is 119 Å². The molecule has 2 nitrogen and oxygen atoms in total. The lowest BCUT2D eigenvalue weighted by molar-refractivity contribution is 1.14. The van der Waals surface area contributed by atoms with E-state index in [1.807, 2.05) is 18.3 Å². The SMILES string of the molecule is CCc1sc2nccn2c1-c1ccc(Cl)cc1Cl. The standard InChI is InChI=1S/C13H10Cl2N2S/c1-2-11-12(17-6-5-16-13(17)18-11)9-4-3-8(14)7-10(9)15/h3-7H,2H2,1H3. The van der Waals surface area contributed by atoms with E-state index < -0.39 is 0 Å². The lowest BCUT2D eigenvalue weighted by Crippen LogP contribution is -1.89. The van der Waals surface area contributed by atoms with Gasteiger partial charge in [0, 0.05) is 27.9 Å². The van der Waals surface area contributed by atoms with Crippen LogP contribution in [0.4, 0.5) is 0 Å². The first-order chi connectivity index (χ1) is 8.70. The van der Waals surface area contributed by atoms with Crippen molar-refractivity contribution in [2.24, 2.45) is 0 Å². The van der Waals surface area contributed by atoms with Gasteiger partial charge in [0.2, 0.25) is 0 Å². The highest BCUT2D eigenvalue weighted by Gasteiger charge is 2.15. The summed E-state index contributed by atoms with van der Waals surface area (Å²) in [6.07, 6.45) is 4.73. The number of hydrogen-bond acceptors (Lipinski definition) is 2. The summed E-state index contributed by atoms with van der Waals surface area (Å²) in [5.74, 6) is 0. The van der Waals surface area contributed by atoms with Gasteiger partial charge < -0.3 is 0 Å². The van der Waals surface area contributed by atoms with Crippen LogP contribution >= 0.6 is 34.5 Å². The summed E-state index contributed by atoms with van der Waals surface area (Å²) in [7, 11) is 0. The molecule has 1 aromatic carbocycles. The van der Waals surface area contributed by atoms with Crippen LogP contribution in [-0.4, -0.2) is 9.38 Å². The van der Waals surface area contributed by atoms with Gasteiger partial charge in [0.15, 0.2) is 4.96 Å². The summed E-state index contributed by atoms with van der Waals surface area (Å²) >= 11 is 14.0. The predicted molar refractivity (Wildman–Crippen MR) is 77.9 cm³/mol. The molecular formula is C13H10Cl2N2S. The molecule has 0 radical (unpaired) electrons. The van der Waals surface area contributed by atoms with Crippen LogP contribution in [0.1, 0.15) is 11.8 Å². The fourth-order valence-corrected chi connectivity index (χ4v) is 3.56. The normalized spacial score (nSPS) is 11.3. The lowest BCUT2D eigenvalue weighted by Gasteiger charge is -2.06. The molecule has 0 atom stereocenters. The summed E-state index contributed by atoms with van der Waals surface area (Å²) in [5, 5.41) is 1.32. The summed E-state index contributed by atoms with van der Waals surface area (Å²) < 4.78 is 2.08. The second-order valence-corrected chi connectivity index (χ2v) is 5.84. The smallest absolute Gasteiger partial charge is 0.194 e. The average Bonchev–Trinajstić information content (AvgIpc) is 2.89. The molecule has 0 spiro atoms. The minimum Gasteiger partial charge on any atom is -0.290 e. The highest BCUT2D eigenvalue weighted by atomic mass is 35.5. The van der Waals surface area contributed by atoms with Crippen LogP contribution in [-0.2, 0) is 6.42 Å². The van der Waals surface area contributed by atoms with Crippen molar-refractivity contribution in [2.45, 2.75) is 13.3 Å². The van der Waals surface area contributed by atoms with Gasteiger partial charge in [-0.15, -0.1) is 11.3 Å². The molecule has 0 aliphatic rings. The maximum atomic E-state index is 6.30. The van der Waals surface area contributed by atoms with E-state index in [9.17, 15) is 0 Å². The molecule has 0 bridgehead atoms. The summed E-state index contributed by atoms with van der Waals surface area (Å²) in [5.41, 5.74) is 2.12. The third-order valence-electron chi connectivity index (χ3n) is 2.83. The molecule has 2 aromatic heterocycles. The molecule has 92 valence electrons. The number of nitrogens with zero attached hydrogens (tertiary/aromatic N) is 2. The number of fused-ring (bicyclic) bond motifs is 1. The van der Waals surface area contributed by atoms with Gasteiger partial charge in [0.1, 0.15) is 0 Å². The fraction of sp³-hybridized carbons (Fsp3) is 0.154. The number of rotatable bonds is 2. The molecule has 0 unspecified atom stereocenters. The molecular weight excluding hydrogens is 287 g/mol. The Morgan fingerprint density at radius 1 is 1.33 bits per heavy atom. The topological polar surface area (TPSA) is 17.3 Å². The maximum Gasteiger partial charge on any atom is 0.194 e. The molecule has 0 saturated carbocycles. The van der Waals surface area contributed by atoms with E-state index in [0.29, 0.717) is 10.0 Å². The van der Waals surface area contributed by atoms with Crippen molar-refractivity contribution in [1.82, 2.24) is 9.38 Å². The number of aryl methyl sites for hydroxylation is 1. The first-order valence-electron chi connectivity index (χ1n) is 5.61. The van der Waals surface area contributed by atoms with Crippen LogP contribution in [0.25, 0.3) is 16.2 Å². The Bertz CT molecular complexity index is 715. The van der Waals surface area contributed by atoms with E-state index in [2.05, 4.69) is 16.3 Å².